The van der Waals surface area contributed by atoms with E-state index in [-0.39, 0.29) is 5.91 Å². The smallest absolute Gasteiger partial charge is 0.219 e. The molecule has 2 aromatic heterocycles. The zero-order valence-corrected chi connectivity index (χ0v) is 33.3. The second-order valence-electron chi connectivity index (χ2n) is 13.1. The number of piperidine rings is 2. The minimum absolute atomic E-state index is 0.162. The highest BCUT2D eigenvalue weighted by Crippen LogP contribution is 2.40. The van der Waals surface area contributed by atoms with Gasteiger partial charge >= 0.3 is 0 Å². The SMILES string of the molecule is CC(=O)N1CCC(=C2c3ccc(Cl)cc3CCc3cc(I)cnc32)CC1.Clc1ccc2c(c1)CCc1cc(I)cnc1C2=C1CCNCC1. The molecule has 49 heavy (non-hydrogen) atoms. The van der Waals surface area contributed by atoms with Crippen LogP contribution in [0, 0.1) is 7.14 Å². The van der Waals surface area contributed by atoms with Gasteiger partial charge in [0.1, 0.15) is 0 Å². The molecular formula is C40H38Cl2I2N4O. The summed E-state index contributed by atoms with van der Waals surface area (Å²) in [6.07, 6.45) is 12.0. The molecule has 8 rings (SSSR count). The molecule has 9 heteroatoms. The predicted molar refractivity (Wildman–Crippen MR) is 217 cm³/mol. The maximum atomic E-state index is 11.7. The monoisotopic (exact) mass is 914 g/mol. The molecule has 0 atom stereocenters. The number of benzene rings is 2. The van der Waals surface area contributed by atoms with Crippen LogP contribution in [0.25, 0.3) is 11.1 Å². The van der Waals surface area contributed by atoms with Crippen molar-refractivity contribution in [3.05, 3.63) is 134 Å². The van der Waals surface area contributed by atoms with E-state index in [0.29, 0.717) is 0 Å². The number of nitrogens with zero attached hydrogens (tertiary/aromatic N) is 3. The van der Waals surface area contributed by atoms with Gasteiger partial charge in [0.2, 0.25) is 5.91 Å². The van der Waals surface area contributed by atoms with Crippen molar-refractivity contribution in [3.63, 3.8) is 0 Å². The standard InChI is InChI=1S/C21H20ClIN2O.C19H18ClIN2/c1-13(26)25-8-6-14(7-9-25)20-19-5-4-17(22)10-15(19)2-3-16-11-18(23)12-24-21(16)20;20-15-3-4-17-13(9-15)1-2-14-10-16(21)11-23-19(14)18(17)12-5-7-22-8-6-12/h4-5,10-12H,2-3,6-9H2,1H3;3-4,9-11,22H,1-2,5-8H2. The Morgan fingerprint density at radius 1 is 0.653 bits per heavy atom. The number of hydrogen-bond acceptors (Lipinski definition) is 4. The van der Waals surface area contributed by atoms with E-state index in [1.165, 1.54) is 68.5 Å². The van der Waals surface area contributed by atoms with Crippen LogP contribution in [0.5, 0.6) is 0 Å². The van der Waals surface area contributed by atoms with Crippen LogP contribution in [-0.4, -0.2) is 47.0 Å². The van der Waals surface area contributed by atoms with Crippen molar-refractivity contribution < 1.29 is 4.79 Å². The fourth-order valence-electron chi connectivity index (χ4n) is 7.65. The van der Waals surface area contributed by atoms with Crippen molar-refractivity contribution in [1.29, 1.82) is 0 Å². The average Bonchev–Trinajstić information content (AvgIpc) is 3.36. The minimum Gasteiger partial charge on any atom is -0.342 e. The lowest BCUT2D eigenvalue weighted by molar-refractivity contribution is -0.129. The first-order chi connectivity index (χ1) is 23.7. The summed E-state index contributed by atoms with van der Waals surface area (Å²) >= 11 is 17.2. The number of hydrogen-bond donors (Lipinski definition) is 1. The first-order valence-electron chi connectivity index (χ1n) is 17.0. The highest BCUT2D eigenvalue weighted by Gasteiger charge is 2.27. The highest BCUT2D eigenvalue weighted by atomic mass is 127. The van der Waals surface area contributed by atoms with Gasteiger partial charge in [-0.15, -0.1) is 0 Å². The van der Waals surface area contributed by atoms with Crippen LogP contribution < -0.4 is 5.32 Å². The molecule has 0 radical (unpaired) electrons. The molecule has 2 saturated heterocycles. The fraction of sp³-hybridized carbons (Fsp3) is 0.325. The summed E-state index contributed by atoms with van der Waals surface area (Å²) in [7, 11) is 0. The summed E-state index contributed by atoms with van der Waals surface area (Å²) in [5.41, 5.74) is 15.8. The van der Waals surface area contributed by atoms with E-state index in [4.69, 9.17) is 33.2 Å². The van der Waals surface area contributed by atoms with Crippen LogP contribution in [0.2, 0.25) is 10.0 Å². The van der Waals surface area contributed by atoms with E-state index < -0.39 is 0 Å². The van der Waals surface area contributed by atoms with Gasteiger partial charge in [-0.1, -0.05) is 46.5 Å². The third-order valence-electron chi connectivity index (χ3n) is 10.1. The van der Waals surface area contributed by atoms with E-state index in [1.54, 1.807) is 6.92 Å². The van der Waals surface area contributed by atoms with Crippen LogP contribution in [-0.2, 0) is 30.5 Å². The van der Waals surface area contributed by atoms with E-state index in [2.05, 4.69) is 86.9 Å². The van der Waals surface area contributed by atoms with Gasteiger partial charge in [-0.25, -0.2) is 0 Å². The van der Waals surface area contributed by atoms with E-state index in [9.17, 15) is 4.79 Å². The van der Waals surface area contributed by atoms with E-state index in [1.807, 2.05) is 29.4 Å². The summed E-state index contributed by atoms with van der Waals surface area (Å²) in [6.45, 7) is 5.34. The molecular weight excluding hydrogens is 877 g/mol. The number of likely N-dealkylation sites (tertiary alicyclic amines) is 1. The van der Waals surface area contributed by atoms with Gasteiger partial charge in [-0.05, 0) is 179 Å². The number of aromatic nitrogens is 2. The number of pyridine rings is 2. The molecule has 4 aromatic rings. The largest absolute Gasteiger partial charge is 0.342 e. The molecule has 0 bridgehead atoms. The maximum absolute atomic E-state index is 11.7. The molecule has 1 amide bonds. The van der Waals surface area contributed by atoms with Gasteiger partial charge in [0.05, 0.1) is 11.4 Å². The van der Waals surface area contributed by atoms with Gasteiger partial charge in [-0.3, -0.25) is 14.8 Å². The molecule has 252 valence electrons. The van der Waals surface area contributed by atoms with Crippen LogP contribution in [0.1, 0.15) is 77.4 Å². The number of halogens is 4. The number of nitrogens with one attached hydrogen (secondary N) is 1. The van der Waals surface area contributed by atoms with Crippen LogP contribution in [0.3, 0.4) is 0 Å². The molecule has 0 saturated carbocycles. The normalized spacial score (nSPS) is 17.1. The Kier molecular flexibility index (Phi) is 11.1. The van der Waals surface area contributed by atoms with Crippen molar-refractivity contribution in [2.75, 3.05) is 26.2 Å². The third kappa shape index (κ3) is 7.81. The molecule has 2 aliphatic heterocycles. The van der Waals surface area contributed by atoms with Gasteiger partial charge < -0.3 is 10.2 Å². The number of rotatable bonds is 0. The number of fused-ring (bicyclic) bond motifs is 4. The zero-order valence-electron chi connectivity index (χ0n) is 27.5. The number of carbonyl (C=O) groups is 1. The average molecular weight is 915 g/mol. The van der Waals surface area contributed by atoms with Crippen LogP contribution in [0.4, 0.5) is 0 Å². The van der Waals surface area contributed by atoms with Gasteiger partial charge in [-0.2, -0.15) is 0 Å². The summed E-state index contributed by atoms with van der Waals surface area (Å²) in [4.78, 5) is 23.3. The van der Waals surface area contributed by atoms with Gasteiger partial charge in [0.15, 0.2) is 0 Å². The lowest BCUT2D eigenvalue weighted by Gasteiger charge is -2.29. The molecule has 4 heterocycles. The quantitative estimate of drug-likeness (QED) is 0.179. The van der Waals surface area contributed by atoms with Crippen molar-refractivity contribution in [2.45, 2.75) is 58.3 Å². The lowest BCUT2D eigenvalue weighted by Crippen LogP contribution is -2.34. The zero-order chi connectivity index (χ0) is 34.1. The van der Waals surface area contributed by atoms with E-state index >= 15 is 0 Å². The highest BCUT2D eigenvalue weighted by molar-refractivity contribution is 14.1. The molecule has 2 aliphatic carbocycles. The minimum atomic E-state index is 0.162. The maximum Gasteiger partial charge on any atom is 0.219 e. The van der Waals surface area contributed by atoms with Crippen LogP contribution >= 0.6 is 68.4 Å². The Bertz CT molecular complexity index is 1880. The Hall–Kier alpha value is -2.31. The Balaban J connectivity index is 0.000000155. The van der Waals surface area contributed by atoms with Crippen molar-refractivity contribution in [3.8, 4) is 0 Å². The summed E-state index contributed by atoms with van der Waals surface area (Å²) in [6, 6.07) is 17.1. The van der Waals surface area contributed by atoms with Crippen molar-refractivity contribution in [1.82, 2.24) is 20.2 Å². The summed E-state index contributed by atoms with van der Waals surface area (Å²) < 4.78 is 2.38. The van der Waals surface area contributed by atoms with Crippen molar-refractivity contribution in [2.24, 2.45) is 0 Å². The Labute approximate surface area is 326 Å². The molecule has 1 N–H and O–H groups in total. The molecule has 5 nitrogen and oxygen atoms in total. The van der Waals surface area contributed by atoms with Gasteiger partial charge in [0, 0.05) is 60.7 Å². The Morgan fingerprint density at radius 3 is 1.57 bits per heavy atom. The summed E-state index contributed by atoms with van der Waals surface area (Å²) in [5, 5.41) is 5.07. The first-order valence-corrected chi connectivity index (χ1v) is 19.9. The van der Waals surface area contributed by atoms with Gasteiger partial charge in [0.25, 0.3) is 0 Å². The lowest BCUT2D eigenvalue weighted by atomic mass is 9.88. The molecule has 0 spiro atoms. The van der Waals surface area contributed by atoms with Crippen molar-refractivity contribution >= 4 is 85.4 Å². The van der Waals surface area contributed by atoms with E-state index in [0.717, 1.165) is 93.3 Å². The molecule has 4 aliphatic rings. The second-order valence-corrected chi connectivity index (χ2v) is 16.5. The topological polar surface area (TPSA) is 58.1 Å². The number of carbonyl (C=O) groups excluding carboxylic acids is 1. The molecule has 0 unspecified atom stereocenters. The Morgan fingerprint density at radius 2 is 1.10 bits per heavy atom. The fourth-order valence-corrected chi connectivity index (χ4v) is 9.07. The molecule has 2 aromatic carbocycles. The third-order valence-corrected chi connectivity index (χ3v) is 11.7. The second kappa shape index (κ2) is 15.5. The number of aryl methyl sites for hydroxylation is 4. The predicted octanol–water partition coefficient (Wildman–Crippen LogP) is 9.51. The number of amides is 1. The summed E-state index contributed by atoms with van der Waals surface area (Å²) in [5.74, 6) is 0.162. The first kappa shape index (κ1) is 35.1. The molecule has 2 fully saturated rings. The van der Waals surface area contributed by atoms with Crippen LogP contribution in [0.15, 0.2) is 72.1 Å².